The Morgan fingerprint density at radius 3 is 2.91 bits per heavy atom. The van der Waals surface area contributed by atoms with E-state index in [9.17, 15) is 4.79 Å². The van der Waals surface area contributed by atoms with Gasteiger partial charge in [0.05, 0.1) is 12.8 Å². The molecular formula is C17H19N3O2. The molecule has 3 rings (SSSR count). The monoisotopic (exact) mass is 297 g/mol. The molecule has 1 aliphatic rings. The Kier molecular flexibility index (Phi) is 3.96. The van der Waals surface area contributed by atoms with Crippen molar-refractivity contribution in [2.75, 3.05) is 20.2 Å². The highest BCUT2D eigenvalue weighted by molar-refractivity contribution is 5.93. The maximum Gasteiger partial charge on any atom is 0.272 e. The smallest absolute Gasteiger partial charge is 0.272 e. The van der Waals surface area contributed by atoms with Crippen molar-refractivity contribution in [1.29, 1.82) is 0 Å². The second-order valence-corrected chi connectivity index (χ2v) is 5.42. The number of nitrogens with one attached hydrogen (secondary N) is 1. The molecule has 2 heterocycles. The lowest BCUT2D eigenvalue weighted by molar-refractivity contribution is 0.0763. The van der Waals surface area contributed by atoms with Gasteiger partial charge in [-0.25, -0.2) is 0 Å². The molecule has 1 N–H and O–H groups in total. The number of hydrogen-bond donors (Lipinski definition) is 1. The number of carbonyl (C=O) groups excluding carboxylic acids is 1. The summed E-state index contributed by atoms with van der Waals surface area (Å²) in [7, 11) is 1.62. The van der Waals surface area contributed by atoms with Gasteiger partial charge in [-0.3, -0.25) is 9.89 Å². The number of carbonyl (C=O) groups is 1. The molecule has 0 saturated carbocycles. The summed E-state index contributed by atoms with van der Waals surface area (Å²) in [4.78, 5) is 14.3. The average Bonchev–Trinajstić information content (AvgIpc) is 3.04. The predicted octanol–water partition coefficient (Wildman–Crippen LogP) is 2.88. The van der Waals surface area contributed by atoms with Crippen LogP contribution < -0.4 is 4.74 Å². The molecule has 1 aromatic heterocycles. The van der Waals surface area contributed by atoms with E-state index in [4.69, 9.17) is 4.74 Å². The Morgan fingerprint density at radius 2 is 2.18 bits per heavy atom. The molecule has 0 bridgehead atoms. The molecule has 2 aromatic rings. The summed E-state index contributed by atoms with van der Waals surface area (Å²) in [5.74, 6) is 0.724. The van der Waals surface area contributed by atoms with Gasteiger partial charge in [-0.2, -0.15) is 5.10 Å². The molecular weight excluding hydrogens is 278 g/mol. The van der Waals surface area contributed by atoms with E-state index in [1.165, 1.54) is 5.57 Å². The zero-order valence-corrected chi connectivity index (χ0v) is 12.8. The van der Waals surface area contributed by atoms with Gasteiger partial charge in [0.25, 0.3) is 5.91 Å². The summed E-state index contributed by atoms with van der Waals surface area (Å²) in [6.07, 6.45) is 3.03. The highest BCUT2D eigenvalue weighted by atomic mass is 16.5. The van der Waals surface area contributed by atoms with Crippen molar-refractivity contribution >= 4 is 5.91 Å². The Bertz CT molecular complexity index is 718. The van der Waals surface area contributed by atoms with Crippen molar-refractivity contribution in [2.24, 2.45) is 0 Å². The van der Waals surface area contributed by atoms with Gasteiger partial charge in [-0.1, -0.05) is 23.8 Å². The molecule has 1 aromatic carbocycles. The van der Waals surface area contributed by atoms with Gasteiger partial charge in [-0.15, -0.1) is 0 Å². The summed E-state index contributed by atoms with van der Waals surface area (Å²) in [5.41, 5.74) is 3.43. The molecule has 0 spiro atoms. The second kappa shape index (κ2) is 6.05. The molecule has 22 heavy (non-hydrogen) atoms. The van der Waals surface area contributed by atoms with Crippen molar-refractivity contribution in [3.05, 3.63) is 47.7 Å². The van der Waals surface area contributed by atoms with Crippen LogP contribution in [0, 0.1) is 0 Å². The minimum absolute atomic E-state index is 0.0163. The number of hydrogen-bond acceptors (Lipinski definition) is 3. The van der Waals surface area contributed by atoms with Crippen LogP contribution in [0.4, 0.5) is 0 Å². The van der Waals surface area contributed by atoms with Crippen LogP contribution in [0.25, 0.3) is 11.3 Å². The first-order valence-corrected chi connectivity index (χ1v) is 7.32. The minimum Gasteiger partial charge on any atom is -0.496 e. The number of aromatic amines is 1. The number of nitrogens with zero attached hydrogens (tertiary/aromatic N) is 2. The Labute approximate surface area is 129 Å². The third-order valence-electron chi connectivity index (χ3n) is 3.91. The maximum absolute atomic E-state index is 12.5. The number of aromatic nitrogens is 2. The molecule has 114 valence electrons. The largest absolute Gasteiger partial charge is 0.496 e. The van der Waals surface area contributed by atoms with E-state index in [1.54, 1.807) is 13.2 Å². The molecule has 0 aliphatic carbocycles. The number of ether oxygens (including phenoxy) is 1. The zero-order valence-electron chi connectivity index (χ0n) is 12.8. The molecule has 0 atom stereocenters. The molecule has 1 aliphatic heterocycles. The van der Waals surface area contributed by atoms with Crippen LogP contribution in [0.1, 0.15) is 23.8 Å². The van der Waals surface area contributed by atoms with Crippen LogP contribution in [-0.2, 0) is 0 Å². The maximum atomic E-state index is 12.5. The van der Waals surface area contributed by atoms with Crippen LogP contribution in [0.2, 0.25) is 0 Å². The SMILES string of the molecule is COc1ccccc1-c1cc(C(=O)N2CC=C(C)CC2)[nH]n1. The second-order valence-electron chi connectivity index (χ2n) is 5.42. The zero-order chi connectivity index (χ0) is 15.5. The number of amides is 1. The van der Waals surface area contributed by atoms with E-state index in [2.05, 4.69) is 23.2 Å². The predicted molar refractivity (Wildman–Crippen MR) is 84.9 cm³/mol. The van der Waals surface area contributed by atoms with Gasteiger partial charge in [0.2, 0.25) is 0 Å². The lowest BCUT2D eigenvalue weighted by Gasteiger charge is -2.24. The average molecular weight is 297 g/mol. The Balaban J connectivity index is 1.83. The molecule has 0 fully saturated rings. The van der Waals surface area contributed by atoms with Gasteiger partial charge in [-0.05, 0) is 31.5 Å². The van der Waals surface area contributed by atoms with Crippen molar-refractivity contribution in [3.8, 4) is 17.0 Å². The number of benzene rings is 1. The van der Waals surface area contributed by atoms with Crippen molar-refractivity contribution in [3.63, 3.8) is 0 Å². The summed E-state index contributed by atoms with van der Waals surface area (Å²) in [5, 5.41) is 7.10. The molecule has 5 heteroatoms. The molecule has 0 saturated heterocycles. The Morgan fingerprint density at radius 1 is 1.36 bits per heavy atom. The third kappa shape index (κ3) is 2.74. The van der Waals surface area contributed by atoms with E-state index in [0.717, 1.165) is 24.3 Å². The number of para-hydroxylation sites is 1. The van der Waals surface area contributed by atoms with E-state index in [-0.39, 0.29) is 5.91 Å². The van der Waals surface area contributed by atoms with Gasteiger partial charge < -0.3 is 9.64 Å². The van der Waals surface area contributed by atoms with Gasteiger partial charge in [0.1, 0.15) is 11.4 Å². The fraction of sp³-hybridized carbons (Fsp3) is 0.294. The van der Waals surface area contributed by atoms with E-state index in [1.807, 2.05) is 29.2 Å². The lowest BCUT2D eigenvalue weighted by atomic mass is 10.1. The quantitative estimate of drug-likeness (QED) is 0.886. The fourth-order valence-corrected chi connectivity index (χ4v) is 2.55. The molecule has 5 nitrogen and oxygen atoms in total. The minimum atomic E-state index is -0.0163. The van der Waals surface area contributed by atoms with Crippen molar-refractivity contribution in [1.82, 2.24) is 15.1 Å². The topological polar surface area (TPSA) is 58.2 Å². The summed E-state index contributed by atoms with van der Waals surface area (Å²) < 4.78 is 5.34. The first-order chi connectivity index (χ1) is 10.7. The van der Waals surface area contributed by atoms with Crippen LogP contribution in [0.15, 0.2) is 42.0 Å². The third-order valence-corrected chi connectivity index (χ3v) is 3.91. The van der Waals surface area contributed by atoms with Crippen LogP contribution in [0.5, 0.6) is 5.75 Å². The summed E-state index contributed by atoms with van der Waals surface area (Å²) in [6.45, 7) is 3.51. The van der Waals surface area contributed by atoms with E-state index < -0.39 is 0 Å². The van der Waals surface area contributed by atoms with Crippen LogP contribution in [0.3, 0.4) is 0 Å². The first-order valence-electron chi connectivity index (χ1n) is 7.32. The first kappa shape index (κ1) is 14.4. The fourth-order valence-electron chi connectivity index (χ4n) is 2.55. The van der Waals surface area contributed by atoms with E-state index in [0.29, 0.717) is 17.9 Å². The molecule has 0 radical (unpaired) electrons. The van der Waals surface area contributed by atoms with Gasteiger partial charge >= 0.3 is 0 Å². The highest BCUT2D eigenvalue weighted by Crippen LogP contribution is 2.28. The van der Waals surface area contributed by atoms with Gasteiger partial charge in [0.15, 0.2) is 0 Å². The van der Waals surface area contributed by atoms with E-state index >= 15 is 0 Å². The summed E-state index contributed by atoms with van der Waals surface area (Å²) >= 11 is 0. The van der Waals surface area contributed by atoms with Crippen molar-refractivity contribution < 1.29 is 9.53 Å². The normalized spacial score (nSPS) is 14.6. The number of rotatable bonds is 3. The standard InChI is InChI=1S/C17H19N3O2/c1-12-7-9-20(10-8-12)17(21)15-11-14(18-19-15)13-5-3-4-6-16(13)22-2/h3-7,11H,8-10H2,1-2H3,(H,18,19). The Hall–Kier alpha value is -2.56. The van der Waals surface area contributed by atoms with Crippen molar-refractivity contribution in [2.45, 2.75) is 13.3 Å². The summed E-state index contributed by atoms with van der Waals surface area (Å²) in [6, 6.07) is 9.42. The van der Waals surface area contributed by atoms with Crippen LogP contribution >= 0.6 is 0 Å². The number of H-pyrrole nitrogens is 1. The van der Waals surface area contributed by atoms with Crippen LogP contribution in [-0.4, -0.2) is 41.2 Å². The van der Waals surface area contributed by atoms with Gasteiger partial charge in [0, 0.05) is 18.7 Å². The lowest BCUT2D eigenvalue weighted by Crippen LogP contribution is -2.34. The molecule has 1 amide bonds. The highest BCUT2D eigenvalue weighted by Gasteiger charge is 2.20. The molecule has 0 unspecified atom stereocenters. The number of methoxy groups -OCH3 is 1.